The molecule has 1 atom stereocenters. The van der Waals surface area contributed by atoms with E-state index in [1.165, 1.54) is 0 Å². The van der Waals surface area contributed by atoms with Crippen molar-refractivity contribution in [2.24, 2.45) is 5.92 Å². The van der Waals surface area contributed by atoms with Crippen LogP contribution < -0.4 is 10.6 Å². The third kappa shape index (κ3) is 5.53. The lowest BCUT2D eigenvalue weighted by molar-refractivity contribution is -0.122. The number of nitrogens with zero attached hydrogens (tertiary/aromatic N) is 1. The predicted molar refractivity (Wildman–Crippen MR) is 78.9 cm³/mol. The molecule has 0 aliphatic heterocycles. The van der Waals surface area contributed by atoms with Crippen molar-refractivity contribution in [2.45, 2.75) is 26.2 Å². The van der Waals surface area contributed by atoms with Gasteiger partial charge in [0.05, 0.1) is 12.0 Å². The van der Waals surface area contributed by atoms with Crippen LogP contribution in [-0.4, -0.2) is 23.7 Å². The summed E-state index contributed by atoms with van der Waals surface area (Å²) >= 11 is 0. The summed E-state index contributed by atoms with van der Waals surface area (Å²) in [6, 6.07) is 8.63. The van der Waals surface area contributed by atoms with Crippen LogP contribution in [0.5, 0.6) is 0 Å². The van der Waals surface area contributed by atoms with E-state index in [1.807, 2.05) is 19.9 Å². The number of hydrogen-bond acceptors (Lipinski definition) is 3. The van der Waals surface area contributed by atoms with Gasteiger partial charge in [0.25, 0.3) is 0 Å². The van der Waals surface area contributed by atoms with Crippen LogP contribution in [0.15, 0.2) is 24.3 Å². The molecule has 1 unspecified atom stereocenters. The van der Waals surface area contributed by atoms with E-state index in [1.54, 1.807) is 24.3 Å². The topological polar surface area (TPSA) is 102 Å². The summed E-state index contributed by atoms with van der Waals surface area (Å²) < 4.78 is 0. The smallest absolute Gasteiger partial charge is 0.409 e. The van der Waals surface area contributed by atoms with Crippen LogP contribution in [-0.2, 0) is 4.79 Å². The molecule has 6 nitrogen and oxygen atoms in total. The van der Waals surface area contributed by atoms with Crippen molar-refractivity contribution in [3.8, 4) is 6.07 Å². The molecule has 2 amide bonds. The zero-order chi connectivity index (χ0) is 15.8. The van der Waals surface area contributed by atoms with Crippen molar-refractivity contribution in [1.82, 2.24) is 5.32 Å². The van der Waals surface area contributed by atoms with Crippen molar-refractivity contribution < 1.29 is 14.7 Å². The van der Waals surface area contributed by atoms with Gasteiger partial charge in [-0.05, 0) is 30.0 Å². The number of carbonyl (C=O) groups excluding carboxylic acids is 1. The van der Waals surface area contributed by atoms with Crippen LogP contribution in [0.25, 0.3) is 0 Å². The van der Waals surface area contributed by atoms with Crippen molar-refractivity contribution in [1.29, 1.82) is 5.26 Å². The van der Waals surface area contributed by atoms with E-state index >= 15 is 0 Å². The van der Waals surface area contributed by atoms with E-state index < -0.39 is 12.0 Å². The fourth-order valence-electron chi connectivity index (χ4n) is 2.07. The molecule has 21 heavy (non-hydrogen) atoms. The Morgan fingerprint density at radius 2 is 2.10 bits per heavy atom. The van der Waals surface area contributed by atoms with E-state index in [0.717, 1.165) is 5.56 Å². The minimum Gasteiger partial charge on any atom is -0.465 e. The second-order valence-electron chi connectivity index (χ2n) is 5.11. The summed E-state index contributed by atoms with van der Waals surface area (Å²) in [7, 11) is 0. The van der Waals surface area contributed by atoms with Gasteiger partial charge in [0.1, 0.15) is 6.54 Å². The van der Waals surface area contributed by atoms with Gasteiger partial charge in [-0.1, -0.05) is 26.0 Å². The molecule has 1 aromatic rings. The number of carboxylic acid groups (broad SMARTS) is 1. The highest BCUT2D eigenvalue weighted by molar-refractivity contribution is 5.86. The molecule has 0 heterocycles. The monoisotopic (exact) mass is 289 g/mol. The van der Waals surface area contributed by atoms with Gasteiger partial charge in [0, 0.05) is 5.69 Å². The van der Waals surface area contributed by atoms with Crippen molar-refractivity contribution in [2.75, 3.05) is 11.9 Å². The molecular formula is C15H19N3O3. The van der Waals surface area contributed by atoms with E-state index in [2.05, 4.69) is 10.6 Å². The first-order valence-corrected chi connectivity index (χ1v) is 6.68. The molecule has 0 aliphatic rings. The molecule has 0 radical (unpaired) electrons. The zero-order valence-electron chi connectivity index (χ0n) is 12.1. The van der Waals surface area contributed by atoms with Crippen molar-refractivity contribution in [3.05, 3.63) is 29.8 Å². The van der Waals surface area contributed by atoms with E-state index in [0.29, 0.717) is 18.0 Å². The van der Waals surface area contributed by atoms with Crippen molar-refractivity contribution >= 4 is 17.7 Å². The quantitative estimate of drug-likeness (QED) is 0.700. The van der Waals surface area contributed by atoms with Crippen LogP contribution in [0.2, 0.25) is 0 Å². The lowest BCUT2D eigenvalue weighted by Crippen LogP contribution is -2.30. The lowest BCUT2D eigenvalue weighted by atomic mass is 9.89. The van der Waals surface area contributed by atoms with Crippen LogP contribution in [0.4, 0.5) is 10.5 Å². The average molecular weight is 289 g/mol. The molecule has 112 valence electrons. The molecule has 0 spiro atoms. The molecule has 0 bridgehead atoms. The van der Waals surface area contributed by atoms with Crippen LogP contribution in [0.3, 0.4) is 0 Å². The van der Waals surface area contributed by atoms with Gasteiger partial charge in [-0.25, -0.2) is 4.79 Å². The molecule has 6 heteroatoms. The van der Waals surface area contributed by atoms with Gasteiger partial charge >= 0.3 is 6.09 Å². The number of nitriles is 1. The first-order chi connectivity index (χ1) is 9.93. The Bertz CT molecular complexity index is 549. The van der Waals surface area contributed by atoms with Gasteiger partial charge in [0.2, 0.25) is 5.91 Å². The molecule has 0 saturated carbocycles. The molecule has 0 saturated heterocycles. The predicted octanol–water partition coefficient (Wildman–Crippen LogP) is 2.55. The highest BCUT2D eigenvalue weighted by atomic mass is 16.4. The minimum absolute atomic E-state index is 0.0412. The maximum absolute atomic E-state index is 12.2. The van der Waals surface area contributed by atoms with Gasteiger partial charge in [-0.3, -0.25) is 10.1 Å². The first kappa shape index (κ1) is 16.5. The van der Waals surface area contributed by atoms with Gasteiger partial charge in [-0.15, -0.1) is 0 Å². The highest BCUT2D eigenvalue weighted by Gasteiger charge is 2.22. The summed E-state index contributed by atoms with van der Waals surface area (Å²) in [6.07, 6.45) is -0.533. The normalized spacial score (nSPS) is 11.5. The van der Waals surface area contributed by atoms with Crippen LogP contribution >= 0.6 is 0 Å². The largest absolute Gasteiger partial charge is 0.465 e. The first-order valence-electron chi connectivity index (χ1n) is 6.68. The number of carbonyl (C=O) groups is 2. The Balaban J connectivity index is 2.99. The van der Waals surface area contributed by atoms with E-state index in [-0.39, 0.29) is 12.5 Å². The highest BCUT2D eigenvalue weighted by Crippen LogP contribution is 2.26. The minimum atomic E-state index is -1.15. The molecule has 0 fully saturated rings. The zero-order valence-corrected chi connectivity index (χ0v) is 12.1. The Kier molecular flexibility index (Phi) is 6.21. The number of rotatable bonds is 6. The number of amides is 2. The molecule has 0 aromatic heterocycles. The van der Waals surface area contributed by atoms with E-state index in [4.69, 9.17) is 10.4 Å². The average Bonchev–Trinajstić information content (AvgIpc) is 2.41. The fraction of sp³-hybridized carbons (Fsp3) is 0.400. The Morgan fingerprint density at radius 1 is 1.38 bits per heavy atom. The maximum atomic E-state index is 12.2. The van der Waals surface area contributed by atoms with Crippen LogP contribution in [0, 0.1) is 17.2 Å². The van der Waals surface area contributed by atoms with Gasteiger partial charge in [0.15, 0.2) is 0 Å². The molecule has 0 aliphatic carbocycles. The van der Waals surface area contributed by atoms with Crippen molar-refractivity contribution in [3.63, 3.8) is 0 Å². The maximum Gasteiger partial charge on any atom is 0.409 e. The third-order valence-electron chi connectivity index (χ3n) is 2.91. The Morgan fingerprint density at radius 3 is 2.67 bits per heavy atom. The number of benzene rings is 1. The van der Waals surface area contributed by atoms with Gasteiger partial charge in [-0.2, -0.15) is 5.26 Å². The number of anilines is 1. The summed E-state index contributed by atoms with van der Waals surface area (Å²) in [5.74, 6) is -0.342. The molecular weight excluding hydrogens is 270 g/mol. The standard InChI is InChI=1S/C15H19N3O3/c1-10(2)8-13(14(19)17-7-6-16)11-4-3-5-12(9-11)18-15(20)21/h3-5,9-10,13,18H,7-8H2,1-2H3,(H,17,19)(H,20,21). The molecule has 1 rings (SSSR count). The molecule has 1 aromatic carbocycles. The molecule has 3 N–H and O–H groups in total. The SMILES string of the molecule is CC(C)CC(C(=O)NCC#N)c1cccc(NC(=O)O)c1. The number of hydrogen-bond donors (Lipinski definition) is 3. The lowest BCUT2D eigenvalue weighted by Gasteiger charge is -2.19. The number of nitrogens with one attached hydrogen (secondary N) is 2. The summed E-state index contributed by atoms with van der Waals surface area (Å²) in [5, 5.41) is 22.1. The summed E-state index contributed by atoms with van der Waals surface area (Å²) in [6.45, 7) is 3.97. The Labute approximate surface area is 123 Å². The van der Waals surface area contributed by atoms with E-state index in [9.17, 15) is 9.59 Å². The summed E-state index contributed by atoms with van der Waals surface area (Å²) in [4.78, 5) is 22.8. The van der Waals surface area contributed by atoms with Gasteiger partial charge < -0.3 is 10.4 Å². The summed E-state index contributed by atoms with van der Waals surface area (Å²) in [5.41, 5.74) is 1.15. The Hall–Kier alpha value is -2.55. The second kappa shape index (κ2) is 7.90. The fourth-order valence-corrected chi connectivity index (χ4v) is 2.07. The van der Waals surface area contributed by atoms with Crippen LogP contribution in [0.1, 0.15) is 31.7 Å². The second-order valence-corrected chi connectivity index (χ2v) is 5.11. The third-order valence-corrected chi connectivity index (χ3v) is 2.91.